The average Bonchev–Trinajstić information content (AvgIpc) is 3.06. The van der Waals surface area contributed by atoms with E-state index in [4.69, 9.17) is 5.11 Å². The molecule has 2 N–H and O–H groups in total. The molecule has 0 radical (unpaired) electrons. The summed E-state index contributed by atoms with van der Waals surface area (Å²) in [7, 11) is 0. The molecule has 0 unspecified atom stereocenters. The van der Waals surface area contributed by atoms with Crippen molar-refractivity contribution in [1.82, 2.24) is 0 Å². The Morgan fingerprint density at radius 1 is 1.08 bits per heavy atom. The van der Waals surface area contributed by atoms with E-state index in [0.717, 1.165) is 0 Å². The summed E-state index contributed by atoms with van der Waals surface area (Å²) in [5.74, 6) is -3.33. The number of carbonyl (C=O) groups excluding carboxylic acids is 4. The van der Waals surface area contributed by atoms with Gasteiger partial charge in [-0.3, -0.25) is 0 Å². The molecule has 2 rings (SSSR count). The molecule has 0 bridgehead atoms. The second-order valence-electron chi connectivity index (χ2n) is 3.97. The number of rotatable bonds is 4. The fraction of sp³-hybridized carbons (Fsp3) is 0.429. The monoisotopic (exact) mass is 383 g/mol. The molecule has 10 nitrogen and oxygen atoms in total. The molecule has 25 heavy (non-hydrogen) atoms. The van der Waals surface area contributed by atoms with Crippen molar-refractivity contribution in [3.8, 4) is 0 Å². The van der Waals surface area contributed by atoms with E-state index in [1.807, 2.05) is 0 Å². The number of ether oxygens (including phenoxy) is 4. The van der Waals surface area contributed by atoms with Crippen molar-refractivity contribution in [2.45, 2.75) is 13.8 Å². The van der Waals surface area contributed by atoms with E-state index in [9.17, 15) is 19.2 Å². The summed E-state index contributed by atoms with van der Waals surface area (Å²) in [5.41, 5.74) is -0.510. The fourth-order valence-electron chi connectivity index (χ4n) is 1.48. The van der Waals surface area contributed by atoms with Gasteiger partial charge >= 0.3 is 63.3 Å². The predicted molar refractivity (Wildman–Crippen MR) is 73.5 cm³/mol. The van der Waals surface area contributed by atoms with Gasteiger partial charge in [0.25, 0.3) is 0 Å². The second-order valence-corrected chi connectivity index (χ2v) is 3.97. The van der Waals surface area contributed by atoms with Crippen LogP contribution in [-0.2, 0) is 38.1 Å². The number of cyclic esters (lactones) is 2. The third-order valence-corrected chi connectivity index (χ3v) is 2.45. The third-order valence-electron chi connectivity index (χ3n) is 2.45. The minimum Gasteiger partial charge on any atom is -0.870 e. The van der Waals surface area contributed by atoms with Gasteiger partial charge in [-0.05, 0) is 19.4 Å². The summed E-state index contributed by atoms with van der Waals surface area (Å²) in [5, 5.41) is 8.99. The molecular weight excluding hydrogens is 367 g/mol. The Balaban J connectivity index is 0. The van der Waals surface area contributed by atoms with Crippen LogP contribution in [0.25, 0.3) is 0 Å². The van der Waals surface area contributed by atoms with Crippen LogP contribution < -0.4 is 51.4 Å². The van der Waals surface area contributed by atoms with E-state index in [0.29, 0.717) is 0 Å². The number of carbonyl (C=O) groups is 4. The minimum atomic E-state index is -0.836. The number of esters is 4. The Hall–Kier alpha value is -1.24. The molecule has 2 aliphatic heterocycles. The van der Waals surface area contributed by atoms with Crippen molar-refractivity contribution in [3.63, 3.8) is 0 Å². The maximum Gasteiger partial charge on any atom is 1.00 e. The van der Waals surface area contributed by atoms with E-state index >= 15 is 0 Å². The summed E-state index contributed by atoms with van der Waals surface area (Å²) in [6, 6.07) is 0. The van der Waals surface area contributed by atoms with Gasteiger partial charge in [-0.1, -0.05) is 0 Å². The number of hydrogen-bond donors (Lipinski definition) is 1. The van der Waals surface area contributed by atoms with Crippen molar-refractivity contribution >= 4 is 23.9 Å². The van der Waals surface area contributed by atoms with Crippen molar-refractivity contribution < 1.29 is 100 Å². The van der Waals surface area contributed by atoms with Crippen LogP contribution in [0.3, 0.4) is 0 Å². The van der Waals surface area contributed by atoms with E-state index in [-0.39, 0.29) is 94.6 Å². The molecule has 0 amide bonds. The Bertz CT molecular complexity index is 578. The number of hydrogen-bond acceptors (Lipinski definition) is 10. The van der Waals surface area contributed by atoms with Crippen molar-refractivity contribution in [2.24, 2.45) is 0 Å². The molecule has 0 fully saturated rings. The SMILES string of the molecule is CCOC(=O)C1=C(O)COC1=O.CCOC(=O)C1=[C-]COC1=O.[K+].[OH-]. The summed E-state index contributed by atoms with van der Waals surface area (Å²) >= 11 is 0. The van der Waals surface area contributed by atoms with Crippen LogP contribution >= 0.6 is 0 Å². The van der Waals surface area contributed by atoms with Gasteiger partial charge in [0.1, 0.15) is 6.61 Å². The van der Waals surface area contributed by atoms with Crippen LogP contribution in [0, 0.1) is 6.08 Å². The standard InChI is InChI=1S/C7H8O5.C7H7O4.K.H2O/c1-2-11-6(9)5-4(8)3-12-7(5)10;1-2-10-6(8)5-3-4-11-7(5)9;;/h8H,2-3H2,1H3;2,4H2,1H3;;1H2/q;-1;+1;/p-1. The normalized spacial score (nSPS) is 14.7. The second kappa shape index (κ2) is 13.0. The van der Waals surface area contributed by atoms with Crippen LogP contribution in [0.5, 0.6) is 0 Å². The van der Waals surface area contributed by atoms with Gasteiger partial charge in [-0.25, -0.2) is 9.59 Å². The van der Waals surface area contributed by atoms with Crippen molar-refractivity contribution in [3.05, 3.63) is 23.0 Å². The van der Waals surface area contributed by atoms with E-state index < -0.39 is 29.5 Å². The topological polar surface area (TPSA) is 155 Å². The van der Waals surface area contributed by atoms with Crippen LogP contribution in [0.4, 0.5) is 0 Å². The Morgan fingerprint density at radius 3 is 2.04 bits per heavy atom. The molecule has 2 aliphatic rings. The van der Waals surface area contributed by atoms with E-state index in [1.165, 1.54) is 0 Å². The molecule has 0 aromatic rings. The zero-order valence-corrected chi connectivity index (χ0v) is 17.1. The first kappa shape index (κ1) is 26.0. The van der Waals surface area contributed by atoms with Crippen LogP contribution in [0.1, 0.15) is 13.8 Å². The van der Waals surface area contributed by atoms with Crippen LogP contribution in [0.2, 0.25) is 0 Å². The molecule has 0 aliphatic carbocycles. The van der Waals surface area contributed by atoms with Gasteiger partial charge in [-0.15, -0.1) is 6.08 Å². The first-order chi connectivity index (χ1) is 10.9. The molecule has 0 aromatic carbocycles. The molecule has 0 saturated carbocycles. The summed E-state index contributed by atoms with van der Waals surface area (Å²) in [6.07, 6.45) is 2.46. The number of aliphatic hydroxyl groups excluding tert-OH is 1. The Morgan fingerprint density at radius 2 is 1.64 bits per heavy atom. The number of aliphatic hydroxyl groups is 1. The van der Waals surface area contributed by atoms with E-state index in [2.05, 4.69) is 25.0 Å². The Kier molecular flexibility index (Phi) is 13.5. The zero-order chi connectivity index (χ0) is 17.4. The average molecular weight is 383 g/mol. The fourth-order valence-corrected chi connectivity index (χ4v) is 1.48. The quantitative estimate of drug-likeness (QED) is 0.170. The first-order valence-electron chi connectivity index (χ1n) is 6.63. The molecule has 0 saturated heterocycles. The summed E-state index contributed by atoms with van der Waals surface area (Å²) < 4.78 is 17.9. The smallest absolute Gasteiger partial charge is 0.870 e. The first-order valence-corrected chi connectivity index (χ1v) is 6.63. The minimum absolute atomic E-state index is 0. The molecule has 134 valence electrons. The van der Waals surface area contributed by atoms with Gasteiger partial charge in [0, 0.05) is 6.61 Å². The van der Waals surface area contributed by atoms with Crippen LogP contribution in [-0.4, -0.2) is 60.9 Å². The molecule has 2 heterocycles. The van der Waals surface area contributed by atoms with E-state index in [1.54, 1.807) is 13.8 Å². The molecule has 0 atom stereocenters. The van der Waals surface area contributed by atoms with Gasteiger partial charge in [-0.2, -0.15) is 0 Å². The van der Waals surface area contributed by atoms with Crippen molar-refractivity contribution in [1.29, 1.82) is 0 Å². The molecule has 11 heteroatoms. The summed E-state index contributed by atoms with van der Waals surface area (Å²) in [4.78, 5) is 43.2. The molecule has 0 spiro atoms. The molecule has 0 aromatic heterocycles. The largest absolute Gasteiger partial charge is 1.00 e. The zero-order valence-electron chi connectivity index (χ0n) is 14.0. The summed E-state index contributed by atoms with van der Waals surface area (Å²) in [6.45, 7) is 3.48. The Labute approximate surface area is 185 Å². The predicted octanol–water partition coefficient (Wildman–Crippen LogP) is -3.42. The maximum atomic E-state index is 10.9. The van der Waals surface area contributed by atoms with Gasteiger partial charge in [0.05, 0.1) is 13.2 Å². The maximum absolute atomic E-state index is 10.9. The van der Waals surface area contributed by atoms with Gasteiger partial charge < -0.3 is 39.1 Å². The van der Waals surface area contributed by atoms with Crippen LogP contribution in [0.15, 0.2) is 16.9 Å². The third kappa shape index (κ3) is 7.67. The van der Waals surface area contributed by atoms with Gasteiger partial charge in [0.2, 0.25) is 11.9 Å². The van der Waals surface area contributed by atoms with Gasteiger partial charge in [0.15, 0.2) is 11.3 Å². The molecular formula is C14H16KO10-. The van der Waals surface area contributed by atoms with Crippen molar-refractivity contribution in [2.75, 3.05) is 26.4 Å².